The predicted octanol–water partition coefficient (Wildman–Crippen LogP) is 2.67. The Labute approximate surface area is 179 Å². The van der Waals surface area contributed by atoms with Crippen LogP contribution in [0.2, 0.25) is 0 Å². The van der Waals surface area contributed by atoms with Gasteiger partial charge in [-0.15, -0.1) is 0 Å². The van der Waals surface area contributed by atoms with Crippen molar-refractivity contribution in [2.75, 3.05) is 25.6 Å². The van der Waals surface area contributed by atoms with Crippen LogP contribution >= 0.6 is 0 Å². The van der Waals surface area contributed by atoms with E-state index in [0.29, 0.717) is 11.2 Å². The molecule has 0 spiro atoms. The zero-order valence-electron chi connectivity index (χ0n) is 18.2. The van der Waals surface area contributed by atoms with Gasteiger partial charge < -0.3 is 19.4 Å². The van der Waals surface area contributed by atoms with Gasteiger partial charge in [0.05, 0.1) is 13.7 Å². The van der Waals surface area contributed by atoms with Crippen molar-refractivity contribution in [2.24, 2.45) is 0 Å². The van der Waals surface area contributed by atoms with E-state index >= 15 is 0 Å². The number of carbonyl (C=O) groups is 2. The first-order valence-electron chi connectivity index (χ1n) is 9.74. The van der Waals surface area contributed by atoms with E-state index < -0.39 is 17.1 Å². The fraction of sp³-hybridized carbons (Fsp3) is 0.304. The van der Waals surface area contributed by atoms with E-state index in [1.165, 1.54) is 13.2 Å². The Morgan fingerprint density at radius 1 is 1.16 bits per heavy atom. The third-order valence-electron chi connectivity index (χ3n) is 4.95. The standard InChI is InChI=1S/C23H25N3O5/c1-14-8-6-7-9-15(14)17-12-20(28)31-21-16(17)10-11-18(24-21)26(4)13-19(27)25-23(2,3)22(29)30-5/h6-12H,13H2,1-5H3,(H,25,27). The molecule has 0 saturated carbocycles. The van der Waals surface area contributed by atoms with Gasteiger partial charge in [0.1, 0.15) is 11.4 Å². The lowest BCUT2D eigenvalue weighted by molar-refractivity contribution is -0.149. The van der Waals surface area contributed by atoms with Crippen LogP contribution < -0.4 is 15.8 Å². The van der Waals surface area contributed by atoms with Gasteiger partial charge in [0.15, 0.2) is 0 Å². The Morgan fingerprint density at radius 3 is 2.55 bits per heavy atom. The molecule has 3 aromatic rings. The van der Waals surface area contributed by atoms with Gasteiger partial charge in [0, 0.05) is 24.1 Å². The molecule has 0 fully saturated rings. The summed E-state index contributed by atoms with van der Waals surface area (Å²) in [4.78, 5) is 42.4. The third kappa shape index (κ3) is 4.74. The Morgan fingerprint density at radius 2 is 1.87 bits per heavy atom. The molecular formula is C23H25N3O5. The molecule has 1 amide bonds. The smallest absolute Gasteiger partial charge is 0.338 e. The molecule has 1 N–H and O–H groups in total. The van der Waals surface area contributed by atoms with E-state index in [-0.39, 0.29) is 18.2 Å². The number of nitrogens with one attached hydrogen (secondary N) is 1. The number of fused-ring (bicyclic) bond motifs is 1. The van der Waals surface area contributed by atoms with Crippen LogP contribution in [0.1, 0.15) is 19.4 Å². The van der Waals surface area contributed by atoms with E-state index in [9.17, 15) is 14.4 Å². The predicted molar refractivity (Wildman–Crippen MR) is 118 cm³/mol. The van der Waals surface area contributed by atoms with Crippen LogP contribution in [0.3, 0.4) is 0 Å². The van der Waals surface area contributed by atoms with Crippen LogP contribution in [-0.2, 0) is 14.3 Å². The number of aromatic nitrogens is 1. The second-order valence-electron chi connectivity index (χ2n) is 7.84. The third-order valence-corrected chi connectivity index (χ3v) is 4.95. The first kappa shape index (κ1) is 22.0. The largest absolute Gasteiger partial charge is 0.467 e. The maximum Gasteiger partial charge on any atom is 0.338 e. The average Bonchev–Trinajstić information content (AvgIpc) is 2.71. The van der Waals surface area contributed by atoms with Crippen LogP contribution in [0.5, 0.6) is 0 Å². The number of carbonyl (C=O) groups excluding carboxylic acids is 2. The SMILES string of the molecule is COC(=O)C(C)(C)NC(=O)CN(C)c1ccc2c(-c3ccccc3C)cc(=O)oc2n1. The number of hydrogen-bond donors (Lipinski definition) is 1. The summed E-state index contributed by atoms with van der Waals surface area (Å²) in [5, 5.41) is 3.33. The maximum atomic E-state index is 12.4. The number of hydrogen-bond acceptors (Lipinski definition) is 7. The second-order valence-corrected chi connectivity index (χ2v) is 7.84. The number of ether oxygens (including phenoxy) is 1. The number of rotatable bonds is 6. The van der Waals surface area contributed by atoms with Gasteiger partial charge in [0.2, 0.25) is 11.6 Å². The zero-order valence-corrected chi connectivity index (χ0v) is 18.2. The zero-order chi connectivity index (χ0) is 22.8. The molecule has 1 aromatic carbocycles. The van der Waals surface area contributed by atoms with Crippen molar-refractivity contribution >= 4 is 28.8 Å². The van der Waals surface area contributed by atoms with E-state index in [0.717, 1.165) is 16.7 Å². The minimum absolute atomic E-state index is 0.0549. The summed E-state index contributed by atoms with van der Waals surface area (Å²) < 4.78 is 10.0. The molecule has 0 atom stereocenters. The van der Waals surface area contributed by atoms with Crippen LogP contribution in [0, 0.1) is 6.92 Å². The van der Waals surface area contributed by atoms with Crippen molar-refractivity contribution in [2.45, 2.75) is 26.3 Å². The Balaban J connectivity index is 1.89. The molecule has 0 unspecified atom stereocenters. The monoisotopic (exact) mass is 423 g/mol. The van der Waals surface area contributed by atoms with Crippen LogP contribution in [-0.4, -0.2) is 43.1 Å². The topological polar surface area (TPSA) is 102 Å². The number of benzene rings is 1. The van der Waals surface area contributed by atoms with Crippen molar-refractivity contribution in [1.29, 1.82) is 0 Å². The summed E-state index contributed by atoms with van der Waals surface area (Å²) >= 11 is 0. The van der Waals surface area contributed by atoms with Gasteiger partial charge in [-0.25, -0.2) is 9.59 Å². The summed E-state index contributed by atoms with van der Waals surface area (Å²) in [6, 6.07) is 12.8. The summed E-state index contributed by atoms with van der Waals surface area (Å²) in [6.45, 7) is 5.04. The molecule has 0 aliphatic heterocycles. The molecule has 2 aromatic heterocycles. The first-order valence-corrected chi connectivity index (χ1v) is 9.74. The first-order chi connectivity index (χ1) is 14.6. The maximum absolute atomic E-state index is 12.4. The highest BCUT2D eigenvalue weighted by atomic mass is 16.5. The van der Waals surface area contributed by atoms with Crippen LogP contribution in [0.25, 0.3) is 22.2 Å². The van der Waals surface area contributed by atoms with Gasteiger partial charge in [-0.1, -0.05) is 24.3 Å². The highest BCUT2D eigenvalue weighted by Crippen LogP contribution is 2.30. The molecule has 162 valence electrons. The van der Waals surface area contributed by atoms with E-state index in [4.69, 9.17) is 9.15 Å². The normalized spacial score (nSPS) is 11.3. The number of anilines is 1. The van der Waals surface area contributed by atoms with Crippen molar-refractivity contribution in [1.82, 2.24) is 10.3 Å². The van der Waals surface area contributed by atoms with Crippen LogP contribution in [0.4, 0.5) is 5.82 Å². The highest BCUT2D eigenvalue weighted by Gasteiger charge is 2.30. The number of likely N-dealkylation sites (N-methyl/N-ethyl adjacent to an activating group) is 1. The van der Waals surface area contributed by atoms with Gasteiger partial charge in [-0.05, 0) is 44.0 Å². The number of esters is 1. The molecule has 0 aliphatic carbocycles. The van der Waals surface area contributed by atoms with Gasteiger partial charge in [-0.3, -0.25) is 4.79 Å². The number of nitrogens with zero attached hydrogens (tertiary/aromatic N) is 2. The molecule has 0 bridgehead atoms. The van der Waals surface area contributed by atoms with E-state index in [1.54, 1.807) is 31.9 Å². The fourth-order valence-electron chi connectivity index (χ4n) is 3.34. The Kier molecular flexibility index (Phi) is 6.10. The lowest BCUT2D eigenvalue weighted by Gasteiger charge is -2.25. The average molecular weight is 423 g/mol. The molecule has 2 heterocycles. The Bertz CT molecular complexity index is 1200. The quantitative estimate of drug-likeness (QED) is 0.608. The fourth-order valence-corrected chi connectivity index (χ4v) is 3.34. The summed E-state index contributed by atoms with van der Waals surface area (Å²) in [7, 11) is 2.95. The summed E-state index contributed by atoms with van der Waals surface area (Å²) in [5.41, 5.74) is 1.22. The molecule has 3 rings (SSSR count). The number of amides is 1. The highest BCUT2D eigenvalue weighted by molar-refractivity contribution is 5.93. The van der Waals surface area contributed by atoms with Crippen molar-refractivity contribution < 1.29 is 18.7 Å². The lowest BCUT2D eigenvalue weighted by Crippen LogP contribution is -2.52. The number of pyridine rings is 1. The molecule has 0 saturated heterocycles. The molecule has 8 heteroatoms. The van der Waals surface area contributed by atoms with Crippen molar-refractivity contribution in [3.8, 4) is 11.1 Å². The van der Waals surface area contributed by atoms with Gasteiger partial charge in [-0.2, -0.15) is 4.98 Å². The van der Waals surface area contributed by atoms with Crippen LogP contribution in [0.15, 0.2) is 51.7 Å². The molecule has 0 aliphatic rings. The molecule has 0 radical (unpaired) electrons. The number of methoxy groups -OCH3 is 1. The van der Waals surface area contributed by atoms with Gasteiger partial charge in [0.25, 0.3) is 0 Å². The van der Waals surface area contributed by atoms with Crippen molar-refractivity contribution in [3.05, 3.63) is 58.4 Å². The minimum Gasteiger partial charge on any atom is -0.467 e. The second kappa shape index (κ2) is 8.59. The van der Waals surface area contributed by atoms with E-state index in [2.05, 4.69) is 10.3 Å². The van der Waals surface area contributed by atoms with E-state index in [1.807, 2.05) is 37.3 Å². The minimum atomic E-state index is -1.15. The molecule has 31 heavy (non-hydrogen) atoms. The molecule has 8 nitrogen and oxygen atoms in total. The Hall–Kier alpha value is -3.68. The summed E-state index contributed by atoms with van der Waals surface area (Å²) in [6.07, 6.45) is 0. The van der Waals surface area contributed by atoms with Gasteiger partial charge >= 0.3 is 11.6 Å². The summed E-state index contributed by atoms with van der Waals surface area (Å²) in [5.74, 6) is -0.476. The molecular weight excluding hydrogens is 398 g/mol. The lowest BCUT2D eigenvalue weighted by atomic mass is 9.99. The number of aryl methyl sites for hydroxylation is 1. The van der Waals surface area contributed by atoms with Crippen molar-refractivity contribution in [3.63, 3.8) is 0 Å².